The molecule has 0 aliphatic heterocycles. The molecule has 0 spiro atoms. The zero-order valence-electron chi connectivity index (χ0n) is 23.7. The summed E-state index contributed by atoms with van der Waals surface area (Å²) < 4.78 is 0. The van der Waals surface area contributed by atoms with Crippen LogP contribution in [0.2, 0.25) is 0 Å². The van der Waals surface area contributed by atoms with Crippen molar-refractivity contribution in [3.05, 3.63) is 29.8 Å². The molecule has 4 aliphatic rings. The lowest BCUT2D eigenvalue weighted by Gasteiger charge is -2.62. The molecule has 0 saturated heterocycles. The predicted molar refractivity (Wildman–Crippen MR) is 155 cm³/mol. The van der Waals surface area contributed by atoms with Crippen molar-refractivity contribution in [3.8, 4) is 11.4 Å². The van der Waals surface area contributed by atoms with Crippen molar-refractivity contribution in [1.82, 2.24) is 9.97 Å². The van der Waals surface area contributed by atoms with E-state index in [1.54, 1.807) is 6.20 Å². The first-order valence-electron chi connectivity index (χ1n) is 15.2. The van der Waals surface area contributed by atoms with Gasteiger partial charge in [-0.15, -0.1) is 11.3 Å². The third-order valence-corrected chi connectivity index (χ3v) is 12.8. The minimum Gasteiger partial charge on any atom is -0.393 e. The molecule has 4 fully saturated rings. The minimum absolute atomic E-state index is 0.0125. The molecule has 7 heteroatoms. The number of rotatable bonds is 6. The Morgan fingerprint density at radius 2 is 1.95 bits per heavy atom. The van der Waals surface area contributed by atoms with E-state index in [-0.39, 0.29) is 28.9 Å². The smallest absolute Gasteiger partial charge is 0.226 e. The standard InChI is InChI=1S/C32H45N3O3S/c1-19(7-12-29(38)35-30-34-27(18-39-30)26-6-4-5-15-33-26)23-10-11-24-22-9-8-20-16-21(36)13-14-31(20,2)25(22)17-28(37)32(23,24)3/h4-6,15,18-25,28,36-37H,7-14,16-17H2,1-3H3,(H,34,35,38). The highest BCUT2D eigenvalue weighted by Crippen LogP contribution is 2.68. The number of pyridine rings is 1. The Labute approximate surface area is 237 Å². The minimum atomic E-state index is -0.282. The fraction of sp³-hybridized carbons (Fsp3) is 0.719. The van der Waals surface area contributed by atoms with Gasteiger partial charge in [0.1, 0.15) is 5.69 Å². The Hall–Kier alpha value is -1.83. The molecule has 3 N–H and O–H groups in total. The van der Waals surface area contributed by atoms with Gasteiger partial charge < -0.3 is 15.5 Å². The number of aliphatic hydroxyl groups is 2. The number of hydrogen-bond donors (Lipinski definition) is 3. The van der Waals surface area contributed by atoms with Crippen LogP contribution in [0.3, 0.4) is 0 Å². The summed E-state index contributed by atoms with van der Waals surface area (Å²) in [7, 11) is 0. The van der Waals surface area contributed by atoms with E-state index < -0.39 is 0 Å². The van der Waals surface area contributed by atoms with E-state index in [1.165, 1.54) is 30.6 Å². The van der Waals surface area contributed by atoms with Crippen molar-refractivity contribution in [2.45, 2.75) is 97.2 Å². The Morgan fingerprint density at radius 3 is 2.74 bits per heavy atom. The summed E-state index contributed by atoms with van der Waals surface area (Å²) in [4.78, 5) is 21.8. The van der Waals surface area contributed by atoms with E-state index in [2.05, 4.69) is 36.1 Å². The lowest BCUT2D eigenvalue weighted by atomic mass is 9.43. The first-order chi connectivity index (χ1) is 18.7. The molecule has 6 rings (SSSR count). The molecular formula is C32H45N3O3S. The second-order valence-corrected chi connectivity index (χ2v) is 14.6. The molecular weight excluding hydrogens is 506 g/mol. The second-order valence-electron chi connectivity index (χ2n) is 13.7. The van der Waals surface area contributed by atoms with Crippen molar-refractivity contribution in [2.75, 3.05) is 5.32 Å². The normalized spacial score (nSPS) is 40.3. The summed E-state index contributed by atoms with van der Waals surface area (Å²) in [6.07, 6.45) is 11.4. The summed E-state index contributed by atoms with van der Waals surface area (Å²) in [5, 5.41) is 27.7. The van der Waals surface area contributed by atoms with Crippen LogP contribution in [-0.2, 0) is 4.79 Å². The first-order valence-corrected chi connectivity index (χ1v) is 16.1. The lowest BCUT2D eigenvalue weighted by molar-refractivity contribution is -0.174. The molecule has 212 valence electrons. The number of anilines is 1. The molecule has 1 amide bonds. The van der Waals surface area contributed by atoms with E-state index in [0.29, 0.717) is 47.1 Å². The zero-order valence-corrected chi connectivity index (χ0v) is 24.5. The van der Waals surface area contributed by atoms with Gasteiger partial charge in [-0.2, -0.15) is 0 Å². The zero-order chi connectivity index (χ0) is 27.4. The maximum Gasteiger partial charge on any atom is 0.226 e. The number of nitrogens with one attached hydrogen (secondary N) is 1. The fourth-order valence-electron chi connectivity index (χ4n) is 9.86. The predicted octanol–water partition coefficient (Wildman–Crippen LogP) is 6.55. The van der Waals surface area contributed by atoms with Crippen molar-refractivity contribution >= 4 is 22.4 Å². The second kappa shape index (κ2) is 10.5. The SMILES string of the molecule is CC(CCC(=O)Nc1nc(-c2ccccn2)cs1)C1CCC2C3CCC4CC(O)CCC4(C)C3CC(O)C12C. The van der Waals surface area contributed by atoms with Crippen molar-refractivity contribution in [2.24, 2.45) is 46.3 Å². The molecule has 6 nitrogen and oxygen atoms in total. The number of nitrogens with zero attached hydrogens (tertiary/aromatic N) is 2. The molecule has 39 heavy (non-hydrogen) atoms. The first kappa shape index (κ1) is 27.3. The van der Waals surface area contributed by atoms with Crippen LogP contribution in [0.15, 0.2) is 29.8 Å². The van der Waals surface area contributed by atoms with Gasteiger partial charge in [-0.1, -0.05) is 26.8 Å². The molecule has 2 heterocycles. The Morgan fingerprint density at radius 1 is 1.10 bits per heavy atom. The molecule has 0 radical (unpaired) electrons. The Balaban J connectivity index is 1.08. The number of thiazole rings is 1. The Bertz CT molecular complexity index is 1170. The van der Waals surface area contributed by atoms with E-state index in [1.807, 2.05) is 23.6 Å². The van der Waals surface area contributed by atoms with Crippen LogP contribution in [-0.4, -0.2) is 38.3 Å². The van der Waals surface area contributed by atoms with E-state index in [4.69, 9.17) is 0 Å². The van der Waals surface area contributed by atoms with E-state index in [9.17, 15) is 15.0 Å². The van der Waals surface area contributed by atoms with Gasteiger partial charge in [0.25, 0.3) is 0 Å². The summed E-state index contributed by atoms with van der Waals surface area (Å²) in [5.41, 5.74) is 1.79. The molecule has 4 saturated carbocycles. The highest BCUT2D eigenvalue weighted by atomic mass is 32.1. The lowest BCUT2D eigenvalue weighted by Crippen LogP contribution is -2.58. The van der Waals surface area contributed by atoms with Crippen LogP contribution in [0, 0.1) is 46.3 Å². The van der Waals surface area contributed by atoms with Crippen molar-refractivity contribution in [1.29, 1.82) is 0 Å². The summed E-state index contributed by atoms with van der Waals surface area (Å²) in [6.45, 7) is 7.15. The Kier molecular flexibility index (Phi) is 7.39. The van der Waals surface area contributed by atoms with Crippen LogP contribution >= 0.6 is 11.3 Å². The number of fused-ring (bicyclic) bond motifs is 5. The largest absolute Gasteiger partial charge is 0.393 e. The molecule has 4 aliphatic carbocycles. The van der Waals surface area contributed by atoms with Gasteiger partial charge in [0.15, 0.2) is 5.13 Å². The van der Waals surface area contributed by atoms with Crippen LogP contribution in [0.1, 0.15) is 85.0 Å². The maximum atomic E-state index is 12.9. The van der Waals surface area contributed by atoms with Gasteiger partial charge in [0.05, 0.1) is 17.9 Å². The van der Waals surface area contributed by atoms with Gasteiger partial charge in [-0.25, -0.2) is 4.98 Å². The number of aliphatic hydroxyl groups excluding tert-OH is 2. The highest BCUT2D eigenvalue weighted by Gasteiger charge is 2.63. The molecule has 10 atom stereocenters. The topological polar surface area (TPSA) is 95.3 Å². The monoisotopic (exact) mass is 551 g/mol. The third-order valence-electron chi connectivity index (χ3n) is 12.0. The van der Waals surface area contributed by atoms with Gasteiger partial charge in [0, 0.05) is 18.0 Å². The van der Waals surface area contributed by atoms with Crippen LogP contribution in [0.4, 0.5) is 5.13 Å². The van der Waals surface area contributed by atoms with Gasteiger partial charge in [0.2, 0.25) is 5.91 Å². The molecule has 0 aromatic carbocycles. The maximum absolute atomic E-state index is 12.9. The number of hydrogen-bond acceptors (Lipinski definition) is 6. The number of aromatic nitrogens is 2. The average molecular weight is 552 g/mol. The fourth-order valence-corrected chi connectivity index (χ4v) is 10.6. The van der Waals surface area contributed by atoms with Crippen LogP contribution in [0.5, 0.6) is 0 Å². The summed E-state index contributed by atoms with van der Waals surface area (Å²) >= 11 is 1.43. The van der Waals surface area contributed by atoms with Crippen molar-refractivity contribution in [3.63, 3.8) is 0 Å². The van der Waals surface area contributed by atoms with E-state index in [0.717, 1.165) is 49.9 Å². The summed E-state index contributed by atoms with van der Waals surface area (Å²) in [6, 6.07) is 5.74. The number of amides is 1. The van der Waals surface area contributed by atoms with Gasteiger partial charge in [-0.05, 0) is 116 Å². The van der Waals surface area contributed by atoms with Crippen LogP contribution in [0.25, 0.3) is 11.4 Å². The van der Waals surface area contributed by atoms with Crippen molar-refractivity contribution < 1.29 is 15.0 Å². The van der Waals surface area contributed by atoms with Gasteiger partial charge in [-0.3, -0.25) is 9.78 Å². The molecule has 0 bridgehead atoms. The third kappa shape index (κ3) is 4.76. The van der Waals surface area contributed by atoms with E-state index >= 15 is 0 Å². The number of carbonyl (C=O) groups is 1. The number of carbonyl (C=O) groups excluding carboxylic acids is 1. The summed E-state index contributed by atoms with van der Waals surface area (Å²) in [5.74, 6) is 3.27. The quantitative estimate of drug-likeness (QED) is 0.378. The van der Waals surface area contributed by atoms with Crippen LogP contribution < -0.4 is 5.32 Å². The average Bonchev–Trinajstić information content (AvgIpc) is 3.54. The molecule has 2 aromatic rings. The van der Waals surface area contributed by atoms with Gasteiger partial charge >= 0.3 is 0 Å². The molecule has 2 aromatic heterocycles. The molecule has 10 unspecified atom stereocenters. The highest BCUT2D eigenvalue weighted by molar-refractivity contribution is 7.14.